The second kappa shape index (κ2) is 7.60. The van der Waals surface area contributed by atoms with Crippen molar-refractivity contribution in [3.63, 3.8) is 0 Å². The van der Waals surface area contributed by atoms with Gasteiger partial charge in [-0.05, 0) is 69.5 Å². The minimum Gasteiger partial charge on any atom is -0.375 e. The zero-order valence-corrected chi connectivity index (χ0v) is 15.1. The molecule has 5 heteroatoms. The second-order valence-corrected chi connectivity index (χ2v) is 7.78. The smallest absolute Gasteiger partial charge is 0.123 e. The predicted molar refractivity (Wildman–Crippen MR) is 98.6 cm³/mol. The van der Waals surface area contributed by atoms with Gasteiger partial charge in [0.1, 0.15) is 5.82 Å². The minimum absolute atomic E-state index is 0.122. The van der Waals surface area contributed by atoms with E-state index in [1.807, 2.05) is 12.1 Å². The summed E-state index contributed by atoms with van der Waals surface area (Å²) in [6.07, 6.45) is 5.82. The number of anilines is 1. The first kappa shape index (κ1) is 17.3. The fraction of sp³-hybridized carbons (Fsp3) is 0.700. The lowest BCUT2D eigenvalue weighted by Crippen LogP contribution is -2.53. The number of ether oxygens (including phenoxy) is 1. The Kier molecular flexibility index (Phi) is 5.25. The van der Waals surface area contributed by atoms with Gasteiger partial charge in [0.15, 0.2) is 0 Å². The van der Waals surface area contributed by atoms with Crippen LogP contribution in [0.3, 0.4) is 0 Å². The third-order valence-corrected chi connectivity index (χ3v) is 6.22. The van der Waals surface area contributed by atoms with Gasteiger partial charge < -0.3 is 15.0 Å². The van der Waals surface area contributed by atoms with E-state index in [-0.39, 0.29) is 11.4 Å². The highest BCUT2D eigenvalue weighted by Crippen LogP contribution is 2.35. The molecule has 3 aliphatic heterocycles. The van der Waals surface area contributed by atoms with Gasteiger partial charge in [-0.25, -0.2) is 4.39 Å². The van der Waals surface area contributed by atoms with Crippen LogP contribution >= 0.6 is 0 Å². The van der Waals surface area contributed by atoms with Crippen molar-refractivity contribution in [1.82, 2.24) is 10.2 Å². The van der Waals surface area contributed by atoms with Gasteiger partial charge in [-0.15, -0.1) is 0 Å². The quantitative estimate of drug-likeness (QED) is 0.890. The maximum atomic E-state index is 13.2. The number of halogens is 1. The summed E-state index contributed by atoms with van der Waals surface area (Å²) in [6.45, 7) is 7.42. The van der Waals surface area contributed by atoms with Crippen LogP contribution in [0.1, 0.15) is 32.1 Å². The first-order valence-corrected chi connectivity index (χ1v) is 9.83. The molecule has 0 radical (unpaired) electrons. The van der Waals surface area contributed by atoms with Crippen molar-refractivity contribution >= 4 is 5.69 Å². The summed E-state index contributed by atoms with van der Waals surface area (Å²) in [6, 6.07) is 7.60. The predicted octanol–water partition coefficient (Wildman–Crippen LogP) is 2.64. The molecule has 0 amide bonds. The van der Waals surface area contributed by atoms with Crippen LogP contribution in [0.2, 0.25) is 0 Å². The van der Waals surface area contributed by atoms with E-state index in [4.69, 9.17) is 4.74 Å². The van der Waals surface area contributed by atoms with Crippen LogP contribution in [-0.2, 0) is 4.74 Å². The number of nitrogens with one attached hydrogen (secondary N) is 1. The van der Waals surface area contributed by atoms with Gasteiger partial charge >= 0.3 is 0 Å². The standard InChI is InChI=1S/C20H30FN3O/c21-17-2-4-18(5-3-17)23-11-1-12-24(14-13-23)19-6-15-25-20(16-19)7-9-22-10-8-20/h2-5,19,22H,1,6-16H2. The van der Waals surface area contributed by atoms with Crippen LogP contribution in [0, 0.1) is 5.82 Å². The Morgan fingerprint density at radius 2 is 1.84 bits per heavy atom. The highest BCUT2D eigenvalue weighted by Gasteiger charge is 2.40. The van der Waals surface area contributed by atoms with Crippen molar-refractivity contribution < 1.29 is 9.13 Å². The van der Waals surface area contributed by atoms with E-state index in [1.54, 1.807) is 12.1 Å². The van der Waals surface area contributed by atoms with Gasteiger partial charge in [-0.1, -0.05) is 0 Å². The molecule has 1 unspecified atom stereocenters. The fourth-order valence-corrected chi connectivity index (χ4v) is 4.76. The summed E-state index contributed by atoms with van der Waals surface area (Å²) in [5, 5.41) is 3.46. The Balaban J connectivity index is 1.38. The summed E-state index contributed by atoms with van der Waals surface area (Å²) in [5.74, 6) is -0.158. The highest BCUT2D eigenvalue weighted by molar-refractivity contribution is 5.46. The molecule has 3 heterocycles. The second-order valence-electron chi connectivity index (χ2n) is 7.78. The molecule has 1 aromatic carbocycles. The number of piperidine rings is 1. The Labute approximate surface area is 150 Å². The number of hydrogen-bond donors (Lipinski definition) is 1. The monoisotopic (exact) mass is 347 g/mol. The van der Waals surface area contributed by atoms with E-state index in [9.17, 15) is 4.39 Å². The third-order valence-electron chi connectivity index (χ3n) is 6.22. The summed E-state index contributed by atoms with van der Waals surface area (Å²) in [5.41, 5.74) is 1.27. The van der Waals surface area contributed by atoms with Crippen molar-refractivity contribution in [1.29, 1.82) is 0 Å². The fourth-order valence-electron chi connectivity index (χ4n) is 4.76. The van der Waals surface area contributed by atoms with E-state index in [0.29, 0.717) is 6.04 Å². The van der Waals surface area contributed by atoms with E-state index in [0.717, 1.165) is 70.8 Å². The largest absolute Gasteiger partial charge is 0.375 e. The van der Waals surface area contributed by atoms with Gasteiger partial charge in [0.2, 0.25) is 0 Å². The van der Waals surface area contributed by atoms with Crippen LogP contribution in [0.4, 0.5) is 10.1 Å². The molecule has 0 saturated carbocycles. The molecule has 0 bridgehead atoms. The summed E-state index contributed by atoms with van der Waals surface area (Å²) in [7, 11) is 0. The highest BCUT2D eigenvalue weighted by atomic mass is 19.1. The lowest BCUT2D eigenvalue weighted by atomic mass is 9.82. The maximum Gasteiger partial charge on any atom is 0.123 e. The lowest BCUT2D eigenvalue weighted by molar-refractivity contribution is -0.120. The van der Waals surface area contributed by atoms with Crippen molar-refractivity contribution in [2.75, 3.05) is 50.8 Å². The molecule has 0 aromatic heterocycles. The molecule has 1 spiro atoms. The zero-order chi connectivity index (χ0) is 17.1. The van der Waals surface area contributed by atoms with E-state index in [2.05, 4.69) is 15.1 Å². The third kappa shape index (κ3) is 3.99. The number of benzene rings is 1. The van der Waals surface area contributed by atoms with Crippen LogP contribution in [0.15, 0.2) is 24.3 Å². The van der Waals surface area contributed by atoms with Crippen LogP contribution in [-0.4, -0.2) is 62.4 Å². The number of rotatable bonds is 2. The van der Waals surface area contributed by atoms with E-state index in [1.165, 1.54) is 12.8 Å². The Morgan fingerprint density at radius 3 is 2.64 bits per heavy atom. The van der Waals surface area contributed by atoms with Gasteiger partial charge in [-0.3, -0.25) is 4.90 Å². The van der Waals surface area contributed by atoms with Crippen LogP contribution in [0.5, 0.6) is 0 Å². The molecule has 1 aromatic rings. The molecule has 138 valence electrons. The molecule has 1 N–H and O–H groups in total. The average molecular weight is 347 g/mol. The number of hydrogen-bond acceptors (Lipinski definition) is 4. The Hall–Kier alpha value is -1.17. The SMILES string of the molecule is Fc1ccc(N2CCCN(C3CCOC4(CCNCC4)C3)CC2)cc1. The molecule has 0 aliphatic carbocycles. The normalized spacial score (nSPS) is 28.0. The zero-order valence-electron chi connectivity index (χ0n) is 15.1. The molecule has 4 nitrogen and oxygen atoms in total. The first-order chi connectivity index (χ1) is 12.2. The molecule has 1 atom stereocenters. The van der Waals surface area contributed by atoms with Crippen molar-refractivity contribution in [3.8, 4) is 0 Å². The van der Waals surface area contributed by atoms with Crippen LogP contribution < -0.4 is 10.2 Å². The molecule has 3 fully saturated rings. The number of nitrogens with zero attached hydrogens (tertiary/aromatic N) is 2. The van der Waals surface area contributed by atoms with Crippen molar-refractivity contribution in [3.05, 3.63) is 30.1 Å². The molecule has 25 heavy (non-hydrogen) atoms. The van der Waals surface area contributed by atoms with Crippen LogP contribution in [0.25, 0.3) is 0 Å². The van der Waals surface area contributed by atoms with Crippen molar-refractivity contribution in [2.24, 2.45) is 0 Å². The lowest BCUT2D eigenvalue weighted by Gasteiger charge is -2.46. The Morgan fingerprint density at radius 1 is 1.04 bits per heavy atom. The Bertz CT molecular complexity index is 553. The molecule has 3 aliphatic rings. The first-order valence-electron chi connectivity index (χ1n) is 9.83. The average Bonchev–Trinajstić information content (AvgIpc) is 2.89. The summed E-state index contributed by atoms with van der Waals surface area (Å²) < 4.78 is 19.4. The van der Waals surface area contributed by atoms with Crippen molar-refractivity contribution in [2.45, 2.75) is 43.7 Å². The summed E-state index contributed by atoms with van der Waals surface area (Å²) >= 11 is 0. The molecule has 4 rings (SSSR count). The van der Waals surface area contributed by atoms with E-state index >= 15 is 0 Å². The molecular weight excluding hydrogens is 317 g/mol. The summed E-state index contributed by atoms with van der Waals surface area (Å²) in [4.78, 5) is 5.09. The molecular formula is C20H30FN3O. The van der Waals surface area contributed by atoms with E-state index < -0.39 is 0 Å². The van der Waals surface area contributed by atoms with Gasteiger partial charge in [0, 0.05) is 44.5 Å². The minimum atomic E-state index is -0.158. The molecule has 3 saturated heterocycles. The van der Waals surface area contributed by atoms with Gasteiger partial charge in [-0.2, -0.15) is 0 Å². The van der Waals surface area contributed by atoms with Gasteiger partial charge in [0.05, 0.1) is 5.60 Å². The topological polar surface area (TPSA) is 27.7 Å². The maximum absolute atomic E-state index is 13.2. The van der Waals surface area contributed by atoms with Gasteiger partial charge in [0.25, 0.3) is 0 Å².